The Morgan fingerprint density at radius 1 is 1.40 bits per heavy atom. The fourth-order valence-corrected chi connectivity index (χ4v) is 3.57. The van der Waals surface area contributed by atoms with Gasteiger partial charge in [-0.2, -0.15) is 9.97 Å². The number of fused-ring (bicyclic) bond motifs is 1. The van der Waals surface area contributed by atoms with Gasteiger partial charge in [0.25, 0.3) is 0 Å². The minimum atomic E-state index is -1.55. The summed E-state index contributed by atoms with van der Waals surface area (Å²) in [7, 11) is 0. The van der Waals surface area contributed by atoms with Crippen molar-refractivity contribution < 1.29 is 14.6 Å². The monoisotopic (exact) mass is 300 g/mol. The van der Waals surface area contributed by atoms with Crippen LogP contribution in [-0.2, 0) is 0 Å². The second kappa shape index (κ2) is 4.72. The van der Waals surface area contributed by atoms with Gasteiger partial charge in [0, 0.05) is 0 Å². The van der Waals surface area contributed by atoms with Crippen molar-refractivity contribution in [1.29, 1.82) is 0 Å². The first-order chi connectivity index (χ1) is 9.52. The molecule has 0 radical (unpaired) electrons. The lowest BCUT2D eigenvalue weighted by Crippen LogP contribution is -2.29. The summed E-state index contributed by atoms with van der Waals surface area (Å²) in [6.07, 6.45) is -1.41. The number of imidazole rings is 1. The minimum Gasteiger partial charge on any atom is -0.395 e. The number of hydrogen-bond acceptors (Lipinski definition) is 8. The predicted molar refractivity (Wildman–Crippen MR) is 72.6 cm³/mol. The molecule has 10 heteroatoms. The number of nitrogens with two attached hydrogens (primary N) is 2. The SMILES string of the molecule is Nc1nc(N)c2ncn(C3S[C@H](CO)[C@@H](O)[C@@H]3F)c2n1. The van der Waals surface area contributed by atoms with Crippen LogP contribution in [0, 0.1) is 0 Å². The number of alkyl halides is 1. The first-order valence-corrected chi connectivity index (χ1v) is 6.81. The van der Waals surface area contributed by atoms with E-state index >= 15 is 0 Å². The van der Waals surface area contributed by atoms with Gasteiger partial charge in [0.15, 0.2) is 17.6 Å². The molecule has 1 unspecified atom stereocenters. The number of nitrogens with zero attached hydrogens (tertiary/aromatic N) is 4. The molecule has 4 atom stereocenters. The largest absolute Gasteiger partial charge is 0.395 e. The molecule has 1 aliphatic rings. The van der Waals surface area contributed by atoms with Gasteiger partial charge in [0.05, 0.1) is 18.2 Å². The van der Waals surface area contributed by atoms with Gasteiger partial charge in [0.2, 0.25) is 5.95 Å². The summed E-state index contributed by atoms with van der Waals surface area (Å²) >= 11 is 1.12. The summed E-state index contributed by atoms with van der Waals surface area (Å²) in [6, 6.07) is 0. The number of aliphatic hydroxyl groups is 2. The van der Waals surface area contributed by atoms with Gasteiger partial charge in [-0.15, -0.1) is 11.8 Å². The average molecular weight is 300 g/mol. The molecular formula is C10H13FN6O2S. The zero-order chi connectivity index (χ0) is 14.4. The molecule has 0 aliphatic carbocycles. The van der Waals surface area contributed by atoms with E-state index in [4.69, 9.17) is 16.6 Å². The van der Waals surface area contributed by atoms with Crippen molar-refractivity contribution in [2.24, 2.45) is 0 Å². The molecule has 108 valence electrons. The van der Waals surface area contributed by atoms with Crippen LogP contribution in [0.4, 0.5) is 16.2 Å². The van der Waals surface area contributed by atoms with Crippen LogP contribution in [0.5, 0.6) is 0 Å². The van der Waals surface area contributed by atoms with Crippen LogP contribution in [0.15, 0.2) is 6.33 Å². The van der Waals surface area contributed by atoms with E-state index in [-0.39, 0.29) is 18.4 Å². The second-order valence-electron chi connectivity index (χ2n) is 4.47. The van der Waals surface area contributed by atoms with E-state index in [1.165, 1.54) is 10.9 Å². The topological polar surface area (TPSA) is 136 Å². The second-order valence-corrected chi connectivity index (χ2v) is 5.83. The standard InChI is InChI=1S/C10H13FN6O2S/c11-4-6(19)3(1-18)20-9(4)17-2-14-5-7(12)15-10(13)16-8(5)17/h2-4,6,9,18-19H,1H2,(H4,12,13,15,16)/t3-,4+,6-,9?/m1/s1. The fourth-order valence-electron chi connectivity index (χ4n) is 2.22. The Balaban J connectivity index is 2.07. The third kappa shape index (κ3) is 1.87. The van der Waals surface area contributed by atoms with E-state index < -0.39 is 22.9 Å². The zero-order valence-electron chi connectivity index (χ0n) is 10.2. The number of anilines is 2. The summed E-state index contributed by atoms with van der Waals surface area (Å²) in [5.74, 6) is 0.0818. The minimum absolute atomic E-state index is 0.0330. The molecule has 0 amide bonds. The number of hydrogen-bond donors (Lipinski definition) is 4. The third-order valence-electron chi connectivity index (χ3n) is 3.21. The van der Waals surface area contributed by atoms with Crippen molar-refractivity contribution >= 4 is 34.7 Å². The molecule has 0 spiro atoms. The number of thioether (sulfide) groups is 1. The van der Waals surface area contributed by atoms with Crippen molar-refractivity contribution in [1.82, 2.24) is 19.5 Å². The Morgan fingerprint density at radius 3 is 2.80 bits per heavy atom. The van der Waals surface area contributed by atoms with Crippen molar-refractivity contribution in [3.63, 3.8) is 0 Å². The highest BCUT2D eigenvalue weighted by Gasteiger charge is 2.45. The summed E-state index contributed by atoms with van der Waals surface area (Å²) in [5, 5.41) is 17.5. The van der Waals surface area contributed by atoms with Crippen molar-refractivity contribution in [3.05, 3.63) is 6.33 Å². The first-order valence-electron chi connectivity index (χ1n) is 5.87. The van der Waals surface area contributed by atoms with Gasteiger partial charge in [-0.25, -0.2) is 9.37 Å². The normalized spacial score (nSPS) is 30.1. The van der Waals surface area contributed by atoms with E-state index in [0.717, 1.165) is 11.8 Å². The Hall–Kier alpha value is -1.65. The molecule has 3 rings (SSSR count). The maximum atomic E-state index is 14.2. The van der Waals surface area contributed by atoms with Crippen LogP contribution < -0.4 is 11.5 Å². The predicted octanol–water partition coefficient (Wildman–Crippen LogP) is -0.704. The first kappa shape index (κ1) is 13.3. The van der Waals surface area contributed by atoms with Crippen LogP contribution in [0.3, 0.4) is 0 Å². The summed E-state index contributed by atoms with van der Waals surface area (Å²) in [6.45, 7) is -0.311. The molecule has 0 saturated carbocycles. The van der Waals surface area contributed by atoms with E-state index in [1.807, 2.05) is 0 Å². The van der Waals surface area contributed by atoms with E-state index in [2.05, 4.69) is 15.0 Å². The summed E-state index contributed by atoms with van der Waals surface area (Å²) in [5.41, 5.74) is 11.9. The Kier molecular flexibility index (Phi) is 3.15. The number of aliphatic hydroxyl groups excluding tert-OH is 2. The number of halogens is 1. The van der Waals surface area contributed by atoms with Crippen LogP contribution in [0.25, 0.3) is 11.2 Å². The molecule has 20 heavy (non-hydrogen) atoms. The Labute approximate surface area is 117 Å². The summed E-state index contributed by atoms with van der Waals surface area (Å²) in [4.78, 5) is 11.8. The number of aromatic nitrogens is 4. The van der Waals surface area contributed by atoms with Crippen molar-refractivity contribution in [2.75, 3.05) is 18.1 Å². The van der Waals surface area contributed by atoms with Gasteiger partial charge in [0.1, 0.15) is 17.0 Å². The molecule has 8 nitrogen and oxygen atoms in total. The van der Waals surface area contributed by atoms with Gasteiger partial charge < -0.3 is 21.7 Å². The molecule has 2 aromatic heterocycles. The van der Waals surface area contributed by atoms with Crippen LogP contribution in [0.1, 0.15) is 5.37 Å². The fraction of sp³-hybridized carbons (Fsp3) is 0.500. The van der Waals surface area contributed by atoms with E-state index in [0.29, 0.717) is 11.2 Å². The lowest BCUT2D eigenvalue weighted by Gasteiger charge is -2.15. The quantitative estimate of drug-likeness (QED) is 0.571. The Morgan fingerprint density at radius 2 is 2.15 bits per heavy atom. The van der Waals surface area contributed by atoms with Crippen LogP contribution >= 0.6 is 11.8 Å². The molecule has 2 aromatic rings. The molecule has 1 aliphatic heterocycles. The molecule has 0 aromatic carbocycles. The zero-order valence-corrected chi connectivity index (χ0v) is 11.0. The molecular weight excluding hydrogens is 287 g/mol. The van der Waals surface area contributed by atoms with Gasteiger partial charge in [-0.05, 0) is 0 Å². The van der Waals surface area contributed by atoms with Crippen LogP contribution in [-0.4, -0.2) is 53.9 Å². The Bertz CT molecular complexity index is 652. The number of nitrogen functional groups attached to an aromatic ring is 2. The highest BCUT2D eigenvalue weighted by atomic mass is 32.2. The molecule has 6 N–H and O–H groups in total. The van der Waals surface area contributed by atoms with Crippen LogP contribution in [0.2, 0.25) is 0 Å². The van der Waals surface area contributed by atoms with E-state index in [1.54, 1.807) is 0 Å². The van der Waals surface area contributed by atoms with Gasteiger partial charge in [-0.3, -0.25) is 4.57 Å². The average Bonchev–Trinajstić information content (AvgIpc) is 2.93. The molecule has 0 bridgehead atoms. The third-order valence-corrected chi connectivity index (χ3v) is 4.76. The van der Waals surface area contributed by atoms with Crippen molar-refractivity contribution in [2.45, 2.75) is 22.9 Å². The molecule has 1 saturated heterocycles. The maximum Gasteiger partial charge on any atom is 0.224 e. The molecule has 1 fully saturated rings. The van der Waals surface area contributed by atoms with Crippen molar-refractivity contribution in [3.8, 4) is 0 Å². The highest BCUT2D eigenvalue weighted by molar-refractivity contribution is 8.00. The smallest absolute Gasteiger partial charge is 0.224 e. The number of rotatable bonds is 2. The summed E-state index contributed by atoms with van der Waals surface area (Å²) < 4.78 is 15.6. The van der Waals surface area contributed by atoms with E-state index in [9.17, 15) is 9.50 Å². The lowest BCUT2D eigenvalue weighted by atomic mass is 10.1. The van der Waals surface area contributed by atoms with Gasteiger partial charge >= 0.3 is 0 Å². The van der Waals surface area contributed by atoms with Gasteiger partial charge in [-0.1, -0.05) is 0 Å². The highest BCUT2D eigenvalue weighted by Crippen LogP contribution is 2.44. The molecule has 3 heterocycles. The maximum absolute atomic E-state index is 14.2. The lowest BCUT2D eigenvalue weighted by molar-refractivity contribution is 0.0642.